The molecular weight excluding hydrogens is 334 g/mol. The number of hydrogen-bond donors (Lipinski definition) is 2. The molecule has 2 rings (SSSR count). The van der Waals surface area contributed by atoms with Crippen molar-refractivity contribution < 1.29 is 9.90 Å². The first kappa shape index (κ1) is 16.0. The summed E-state index contributed by atoms with van der Waals surface area (Å²) in [4.78, 5) is 17.1. The van der Waals surface area contributed by atoms with Crippen molar-refractivity contribution in [1.29, 1.82) is 0 Å². The highest BCUT2D eigenvalue weighted by atomic mass is 79.9. The second-order valence-electron chi connectivity index (χ2n) is 5.82. The van der Waals surface area contributed by atoms with Gasteiger partial charge in [-0.15, -0.1) is 0 Å². The van der Waals surface area contributed by atoms with Crippen LogP contribution in [0.3, 0.4) is 0 Å². The summed E-state index contributed by atoms with van der Waals surface area (Å²) in [5, 5.41) is 12.2. The molecule has 114 valence electrons. The number of fused-ring (bicyclic) bond motifs is 1. The second kappa shape index (κ2) is 5.77. The molecule has 0 aromatic carbocycles. The molecular formula is C15H20BrN3O2. The fraction of sp³-hybridized carbons (Fsp3) is 0.467. The van der Waals surface area contributed by atoms with Crippen molar-refractivity contribution in [2.45, 2.75) is 39.7 Å². The van der Waals surface area contributed by atoms with Gasteiger partial charge < -0.3 is 10.4 Å². The van der Waals surface area contributed by atoms with Crippen LogP contribution in [0.4, 0.5) is 0 Å². The van der Waals surface area contributed by atoms with Gasteiger partial charge in [-0.05, 0) is 54.8 Å². The van der Waals surface area contributed by atoms with Crippen LogP contribution >= 0.6 is 15.9 Å². The van der Waals surface area contributed by atoms with Crippen LogP contribution in [-0.4, -0.2) is 32.5 Å². The Balaban J connectivity index is 2.59. The number of carbonyl (C=O) groups excluding carboxylic acids is 1. The number of carbonyl (C=O) groups is 1. The van der Waals surface area contributed by atoms with Gasteiger partial charge in [-0.3, -0.25) is 9.20 Å². The molecule has 0 bridgehead atoms. The Kier molecular flexibility index (Phi) is 4.39. The average Bonchev–Trinajstić information content (AvgIpc) is 2.77. The number of aliphatic hydroxyl groups excluding tert-OH is 1. The lowest BCUT2D eigenvalue weighted by Crippen LogP contribution is -2.46. The summed E-state index contributed by atoms with van der Waals surface area (Å²) in [5.74, 6) is -0.226. The minimum Gasteiger partial charge on any atom is -0.394 e. The zero-order valence-corrected chi connectivity index (χ0v) is 14.3. The molecule has 0 saturated heterocycles. The van der Waals surface area contributed by atoms with Crippen LogP contribution in [0.5, 0.6) is 0 Å². The predicted octanol–water partition coefficient (Wildman–Crippen LogP) is 2.47. The van der Waals surface area contributed by atoms with E-state index in [4.69, 9.17) is 0 Å². The van der Waals surface area contributed by atoms with Crippen LogP contribution in [-0.2, 0) is 6.42 Å². The second-order valence-corrected chi connectivity index (χ2v) is 6.67. The Morgan fingerprint density at radius 2 is 2.19 bits per heavy atom. The number of nitrogens with one attached hydrogen (secondary N) is 1. The molecule has 5 nitrogen and oxygen atoms in total. The minimum absolute atomic E-state index is 0.125. The van der Waals surface area contributed by atoms with E-state index >= 15 is 0 Å². The highest BCUT2D eigenvalue weighted by molar-refractivity contribution is 9.10. The molecule has 0 unspecified atom stereocenters. The summed E-state index contributed by atoms with van der Waals surface area (Å²) in [6.07, 6.45) is 2.56. The highest BCUT2D eigenvalue weighted by Gasteiger charge is 2.25. The molecule has 1 amide bonds. The summed E-state index contributed by atoms with van der Waals surface area (Å²) in [7, 11) is 0. The third kappa shape index (κ3) is 3.11. The third-order valence-corrected chi connectivity index (χ3v) is 3.86. The number of aliphatic hydroxyl groups is 1. The SMILES string of the molecule is CCc1nc2c(Br)cc(C)cn2c1C(=O)NC(C)(C)CO. The Hall–Kier alpha value is -1.40. The molecule has 0 spiro atoms. The third-order valence-electron chi connectivity index (χ3n) is 3.28. The van der Waals surface area contributed by atoms with E-state index in [1.807, 2.05) is 26.1 Å². The lowest BCUT2D eigenvalue weighted by atomic mass is 10.1. The molecule has 0 radical (unpaired) electrons. The van der Waals surface area contributed by atoms with Gasteiger partial charge in [-0.1, -0.05) is 6.92 Å². The van der Waals surface area contributed by atoms with Crippen molar-refractivity contribution in [2.24, 2.45) is 0 Å². The maximum atomic E-state index is 12.6. The number of pyridine rings is 1. The van der Waals surface area contributed by atoms with Gasteiger partial charge in [0, 0.05) is 6.20 Å². The molecule has 0 saturated carbocycles. The van der Waals surface area contributed by atoms with Gasteiger partial charge in [-0.2, -0.15) is 0 Å². The number of aromatic nitrogens is 2. The van der Waals surface area contributed by atoms with Crippen molar-refractivity contribution >= 4 is 27.5 Å². The predicted molar refractivity (Wildman–Crippen MR) is 85.6 cm³/mol. The highest BCUT2D eigenvalue weighted by Crippen LogP contribution is 2.23. The van der Waals surface area contributed by atoms with Crippen LogP contribution in [0.15, 0.2) is 16.7 Å². The van der Waals surface area contributed by atoms with Gasteiger partial charge in [-0.25, -0.2) is 4.98 Å². The van der Waals surface area contributed by atoms with Crippen molar-refractivity contribution in [3.8, 4) is 0 Å². The van der Waals surface area contributed by atoms with E-state index in [0.717, 1.165) is 21.4 Å². The van der Waals surface area contributed by atoms with Gasteiger partial charge in [0.05, 0.1) is 22.3 Å². The first-order chi connectivity index (χ1) is 9.79. The molecule has 2 heterocycles. The van der Waals surface area contributed by atoms with E-state index in [2.05, 4.69) is 26.2 Å². The molecule has 2 N–H and O–H groups in total. The molecule has 0 aliphatic heterocycles. The van der Waals surface area contributed by atoms with Crippen LogP contribution in [0.2, 0.25) is 0 Å². The van der Waals surface area contributed by atoms with Crippen LogP contribution in [0.1, 0.15) is 42.5 Å². The van der Waals surface area contributed by atoms with Crippen molar-refractivity contribution in [3.05, 3.63) is 33.7 Å². The minimum atomic E-state index is -0.673. The van der Waals surface area contributed by atoms with Crippen LogP contribution in [0, 0.1) is 6.92 Å². The van der Waals surface area contributed by atoms with Crippen molar-refractivity contribution in [1.82, 2.24) is 14.7 Å². The van der Waals surface area contributed by atoms with Gasteiger partial charge in [0.2, 0.25) is 0 Å². The molecule has 0 atom stereocenters. The summed E-state index contributed by atoms with van der Waals surface area (Å²) in [6, 6.07) is 1.97. The van der Waals surface area contributed by atoms with Gasteiger partial charge in [0.15, 0.2) is 5.65 Å². The lowest BCUT2D eigenvalue weighted by Gasteiger charge is -2.23. The molecule has 0 aliphatic carbocycles. The van der Waals surface area contributed by atoms with E-state index in [1.54, 1.807) is 18.2 Å². The van der Waals surface area contributed by atoms with E-state index in [-0.39, 0.29) is 12.5 Å². The summed E-state index contributed by atoms with van der Waals surface area (Å²) < 4.78 is 2.67. The zero-order chi connectivity index (χ0) is 15.8. The fourth-order valence-corrected chi connectivity index (χ4v) is 2.81. The number of imidazole rings is 1. The fourth-order valence-electron chi connectivity index (χ4n) is 2.17. The zero-order valence-electron chi connectivity index (χ0n) is 12.7. The normalized spacial score (nSPS) is 11.9. The summed E-state index contributed by atoms with van der Waals surface area (Å²) >= 11 is 3.49. The molecule has 21 heavy (non-hydrogen) atoms. The maximum Gasteiger partial charge on any atom is 0.270 e. The number of amides is 1. The van der Waals surface area contributed by atoms with Crippen molar-refractivity contribution in [2.75, 3.05) is 6.61 Å². The van der Waals surface area contributed by atoms with E-state index in [1.165, 1.54) is 0 Å². The smallest absolute Gasteiger partial charge is 0.270 e. The molecule has 2 aromatic rings. The topological polar surface area (TPSA) is 66.6 Å². The Bertz CT molecular complexity index is 692. The van der Waals surface area contributed by atoms with Gasteiger partial charge in [0.25, 0.3) is 5.91 Å². The quantitative estimate of drug-likeness (QED) is 0.887. The van der Waals surface area contributed by atoms with Gasteiger partial charge >= 0.3 is 0 Å². The van der Waals surface area contributed by atoms with Crippen molar-refractivity contribution in [3.63, 3.8) is 0 Å². The molecule has 0 fully saturated rings. The molecule has 6 heteroatoms. The molecule has 0 aliphatic rings. The standard InChI is InChI=1S/C15H20BrN3O2/c1-5-11-12(14(21)18-15(3,4)8-20)19-7-9(2)6-10(16)13(19)17-11/h6-7,20H,5,8H2,1-4H3,(H,18,21). The number of aryl methyl sites for hydroxylation is 2. The summed E-state index contributed by atoms with van der Waals surface area (Å²) in [5.41, 5.74) is 2.35. The number of rotatable bonds is 4. The van der Waals surface area contributed by atoms with E-state index in [0.29, 0.717) is 12.1 Å². The van der Waals surface area contributed by atoms with E-state index in [9.17, 15) is 9.90 Å². The van der Waals surface area contributed by atoms with Crippen LogP contribution < -0.4 is 5.32 Å². The number of hydrogen-bond acceptors (Lipinski definition) is 3. The lowest BCUT2D eigenvalue weighted by molar-refractivity contribution is 0.0862. The first-order valence-corrected chi connectivity index (χ1v) is 7.69. The number of nitrogens with zero attached hydrogens (tertiary/aromatic N) is 2. The van der Waals surface area contributed by atoms with E-state index < -0.39 is 5.54 Å². The number of halogens is 1. The molecule has 2 aromatic heterocycles. The average molecular weight is 354 g/mol. The Morgan fingerprint density at radius 3 is 2.76 bits per heavy atom. The van der Waals surface area contributed by atoms with Gasteiger partial charge in [0.1, 0.15) is 5.69 Å². The Labute approximate surface area is 132 Å². The monoisotopic (exact) mass is 353 g/mol. The summed E-state index contributed by atoms with van der Waals surface area (Å²) in [6.45, 7) is 7.37. The Morgan fingerprint density at radius 1 is 1.52 bits per heavy atom. The largest absolute Gasteiger partial charge is 0.394 e. The maximum absolute atomic E-state index is 12.6. The van der Waals surface area contributed by atoms with Crippen LogP contribution in [0.25, 0.3) is 5.65 Å². The first-order valence-electron chi connectivity index (χ1n) is 6.89.